The van der Waals surface area contributed by atoms with Crippen LogP contribution >= 0.6 is 0 Å². The summed E-state index contributed by atoms with van der Waals surface area (Å²) < 4.78 is 0. The van der Waals surface area contributed by atoms with Crippen LogP contribution in [0.4, 0.5) is 5.82 Å². The van der Waals surface area contributed by atoms with E-state index in [1.807, 2.05) is 36.4 Å². The summed E-state index contributed by atoms with van der Waals surface area (Å²) in [7, 11) is 0. The van der Waals surface area contributed by atoms with Crippen molar-refractivity contribution in [2.45, 2.75) is 0 Å². The quantitative estimate of drug-likeness (QED) is 0.674. The van der Waals surface area contributed by atoms with Crippen molar-refractivity contribution in [1.29, 1.82) is 5.26 Å². The molecule has 0 amide bonds. The van der Waals surface area contributed by atoms with E-state index in [4.69, 9.17) is 11.8 Å². The Labute approximate surface area is 92.7 Å². The zero-order chi connectivity index (χ0) is 11.4. The number of nitriles is 1. The average molecular weight is 206 g/mol. The highest BCUT2D eigenvalue weighted by Gasteiger charge is 2.07. The lowest BCUT2D eigenvalue weighted by Crippen LogP contribution is -1.91. The van der Waals surface area contributed by atoms with E-state index in [1.165, 1.54) is 0 Å². The fourth-order valence-electron chi connectivity index (χ4n) is 1.30. The number of hydrogen-bond acceptors (Lipinski definition) is 3. The molecule has 2 rings (SSSR count). The summed E-state index contributed by atoms with van der Waals surface area (Å²) in [6.45, 7) is 6.90. The molecule has 0 aliphatic heterocycles. The molecule has 0 N–H and O–H groups in total. The molecular weight excluding hydrogens is 200 g/mol. The predicted octanol–water partition coefficient (Wildman–Crippen LogP) is 2.57. The standard InChI is InChI=1S/C12H6N4/c1-14-11-7-10(15-12(8-13)16-11)9-5-3-2-4-6-9/h2-7H. The van der Waals surface area contributed by atoms with Gasteiger partial charge in [-0.3, -0.25) is 0 Å². The zero-order valence-corrected chi connectivity index (χ0v) is 8.25. The maximum atomic E-state index is 8.75. The van der Waals surface area contributed by atoms with Gasteiger partial charge in [-0.1, -0.05) is 41.9 Å². The molecule has 2 aromatic rings. The van der Waals surface area contributed by atoms with Crippen molar-refractivity contribution in [3.05, 3.63) is 53.6 Å². The number of nitrogens with zero attached hydrogens (tertiary/aromatic N) is 4. The van der Waals surface area contributed by atoms with Crippen LogP contribution in [0.5, 0.6) is 0 Å². The molecule has 1 aromatic heterocycles. The molecule has 74 valence electrons. The Morgan fingerprint density at radius 1 is 1.19 bits per heavy atom. The van der Waals surface area contributed by atoms with Crippen LogP contribution < -0.4 is 0 Å². The van der Waals surface area contributed by atoms with Crippen LogP contribution in [0.25, 0.3) is 16.1 Å². The van der Waals surface area contributed by atoms with E-state index in [0.29, 0.717) is 5.69 Å². The molecule has 0 fully saturated rings. The third kappa shape index (κ3) is 1.87. The van der Waals surface area contributed by atoms with Gasteiger partial charge >= 0.3 is 5.82 Å². The van der Waals surface area contributed by atoms with E-state index in [1.54, 1.807) is 6.07 Å². The Hall–Kier alpha value is -2.72. The molecule has 0 unspecified atom stereocenters. The van der Waals surface area contributed by atoms with Gasteiger partial charge < -0.3 is 4.85 Å². The minimum Gasteiger partial charge on any atom is -0.360 e. The first-order chi connectivity index (χ1) is 7.83. The SMILES string of the molecule is [C-]#[N+]c1cc(-c2ccccc2)nc(C#N)n1. The van der Waals surface area contributed by atoms with Gasteiger partial charge in [-0.15, -0.1) is 0 Å². The zero-order valence-electron chi connectivity index (χ0n) is 8.25. The van der Waals surface area contributed by atoms with Gasteiger partial charge in [-0.05, 0) is 11.6 Å². The molecule has 1 aromatic carbocycles. The number of aromatic nitrogens is 2. The Morgan fingerprint density at radius 2 is 1.94 bits per heavy atom. The van der Waals surface area contributed by atoms with Gasteiger partial charge in [0.25, 0.3) is 5.82 Å². The van der Waals surface area contributed by atoms with Gasteiger partial charge in [0.1, 0.15) is 0 Å². The summed E-state index contributed by atoms with van der Waals surface area (Å²) in [6.07, 6.45) is 0. The van der Waals surface area contributed by atoms with Crippen molar-refractivity contribution < 1.29 is 0 Å². The van der Waals surface area contributed by atoms with E-state index in [0.717, 1.165) is 5.56 Å². The predicted molar refractivity (Wildman–Crippen MR) is 58.4 cm³/mol. The monoisotopic (exact) mass is 206 g/mol. The second-order valence-electron chi connectivity index (χ2n) is 3.02. The molecule has 4 heteroatoms. The smallest absolute Gasteiger partial charge is 0.326 e. The number of hydrogen-bond donors (Lipinski definition) is 0. The minimum absolute atomic E-state index is 0.0207. The molecule has 0 aliphatic rings. The van der Waals surface area contributed by atoms with Crippen LogP contribution in [-0.2, 0) is 0 Å². The molecule has 0 bridgehead atoms. The second kappa shape index (κ2) is 4.20. The minimum atomic E-state index is 0.0207. The normalized spacial score (nSPS) is 9.12. The van der Waals surface area contributed by atoms with Crippen molar-refractivity contribution in [2.24, 2.45) is 0 Å². The van der Waals surface area contributed by atoms with Crippen molar-refractivity contribution in [1.82, 2.24) is 9.97 Å². The van der Waals surface area contributed by atoms with Crippen molar-refractivity contribution >= 4 is 5.82 Å². The maximum absolute atomic E-state index is 8.75. The first kappa shape index (κ1) is 9.82. The molecule has 0 radical (unpaired) electrons. The topological polar surface area (TPSA) is 53.9 Å². The van der Waals surface area contributed by atoms with Gasteiger partial charge in [-0.2, -0.15) is 10.2 Å². The van der Waals surface area contributed by atoms with Crippen LogP contribution in [0.2, 0.25) is 0 Å². The molecular formula is C12H6N4. The van der Waals surface area contributed by atoms with Gasteiger partial charge in [0.05, 0.1) is 5.69 Å². The summed E-state index contributed by atoms with van der Waals surface area (Å²) >= 11 is 0. The summed E-state index contributed by atoms with van der Waals surface area (Å²) in [5.41, 5.74) is 1.46. The first-order valence-corrected chi connectivity index (χ1v) is 4.55. The lowest BCUT2D eigenvalue weighted by atomic mass is 10.1. The highest BCUT2D eigenvalue weighted by atomic mass is 15.0. The van der Waals surface area contributed by atoms with Gasteiger partial charge in [-0.25, -0.2) is 0 Å². The molecule has 0 spiro atoms. The van der Waals surface area contributed by atoms with E-state index in [-0.39, 0.29) is 11.6 Å². The summed E-state index contributed by atoms with van der Waals surface area (Å²) in [6, 6.07) is 12.8. The van der Waals surface area contributed by atoms with E-state index < -0.39 is 0 Å². The molecule has 0 saturated carbocycles. The summed E-state index contributed by atoms with van der Waals surface area (Å²) in [5, 5.41) is 8.75. The number of rotatable bonds is 1. The van der Waals surface area contributed by atoms with Crippen molar-refractivity contribution in [2.75, 3.05) is 0 Å². The third-order valence-electron chi connectivity index (χ3n) is 2.00. The van der Waals surface area contributed by atoms with E-state index >= 15 is 0 Å². The van der Waals surface area contributed by atoms with E-state index in [2.05, 4.69) is 14.8 Å². The van der Waals surface area contributed by atoms with Gasteiger partial charge in [0, 0.05) is 0 Å². The van der Waals surface area contributed by atoms with Gasteiger partial charge in [0.2, 0.25) is 0 Å². The summed E-state index contributed by atoms with van der Waals surface area (Å²) in [5.74, 6) is 0.206. The highest BCUT2D eigenvalue weighted by molar-refractivity contribution is 5.63. The maximum Gasteiger partial charge on any atom is 0.326 e. The second-order valence-corrected chi connectivity index (χ2v) is 3.02. The van der Waals surface area contributed by atoms with E-state index in [9.17, 15) is 0 Å². The fourth-order valence-corrected chi connectivity index (χ4v) is 1.30. The fraction of sp³-hybridized carbons (Fsp3) is 0. The van der Waals surface area contributed by atoms with Crippen LogP contribution in [0.3, 0.4) is 0 Å². The number of benzene rings is 1. The first-order valence-electron chi connectivity index (χ1n) is 4.55. The molecule has 0 atom stereocenters. The van der Waals surface area contributed by atoms with Crippen molar-refractivity contribution in [3.8, 4) is 17.3 Å². The largest absolute Gasteiger partial charge is 0.360 e. The van der Waals surface area contributed by atoms with Crippen LogP contribution in [0.1, 0.15) is 5.82 Å². The average Bonchev–Trinajstić information content (AvgIpc) is 2.39. The summed E-state index contributed by atoms with van der Waals surface area (Å²) in [4.78, 5) is 11.0. The lowest BCUT2D eigenvalue weighted by Gasteiger charge is -1.99. The van der Waals surface area contributed by atoms with Crippen LogP contribution in [0, 0.1) is 17.9 Å². The molecule has 1 heterocycles. The third-order valence-corrected chi connectivity index (χ3v) is 2.00. The molecule has 16 heavy (non-hydrogen) atoms. The Kier molecular flexibility index (Phi) is 2.58. The van der Waals surface area contributed by atoms with Gasteiger partial charge in [0.15, 0.2) is 6.07 Å². The molecule has 0 aliphatic carbocycles. The Morgan fingerprint density at radius 3 is 2.56 bits per heavy atom. The van der Waals surface area contributed by atoms with Crippen LogP contribution in [-0.4, -0.2) is 9.97 Å². The lowest BCUT2D eigenvalue weighted by molar-refractivity contribution is 1.13. The Balaban J connectivity index is 2.59. The highest BCUT2D eigenvalue weighted by Crippen LogP contribution is 2.20. The van der Waals surface area contributed by atoms with Crippen LogP contribution in [0.15, 0.2) is 36.4 Å². The van der Waals surface area contributed by atoms with Crippen molar-refractivity contribution in [3.63, 3.8) is 0 Å². The Bertz CT molecular complexity index is 558. The molecule has 0 saturated heterocycles. The molecule has 4 nitrogen and oxygen atoms in total.